The molecule has 0 spiro atoms. The van der Waals surface area contributed by atoms with Gasteiger partial charge in [-0.3, -0.25) is 9.69 Å². The summed E-state index contributed by atoms with van der Waals surface area (Å²) in [6, 6.07) is 5.68. The molecule has 6 rings (SSSR count). The molecule has 3 aliphatic rings. The van der Waals surface area contributed by atoms with Crippen molar-refractivity contribution in [2.24, 2.45) is 5.92 Å². The van der Waals surface area contributed by atoms with E-state index in [1.807, 2.05) is 23.6 Å². The molecule has 2 bridgehead atoms. The first-order valence-electron chi connectivity index (χ1n) is 8.68. The number of halogens is 2. The Bertz CT molecular complexity index is 954. The second-order valence-corrected chi connectivity index (χ2v) is 8.79. The lowest BCUT2D eigenvalue weighted by Gasteiger charge is -2.48. The van der Waals surface area contributed by atoms with Crippen LogP contribution in [0.3, 0.4) is 0 Å². The van der Waals surface area contributed by atoms with Crippen molar-refractivity contribution in [1.29, 1.82) is 0 Å². The Morgan fingerprint density at radius 1 is 1.33 bits per heavy atom. The smallest absolute Gasteiger partial charge is 0.253 e. The molecule has 1 aromatic carbocycles. The fourth-order valence-electron chi connectivity index (χ4n) is 3.95. The molecule has 2 atom stereocenters. The van der Waals surface area contributed by atoms with Gasteiger partial charge in [-0.15, -0.1) is 23.7 Å². The topological polar surface area (TPSA) is 71.3 Å². The van der Waals surface area contributed by atoms with Crippen molar-refractivity contribution in [2.75, 3.05) is 13.1 Å². The van der Waals surface area contributed by atoms with E-state index in [1.54, 1.807) is 5.51 Å². The molecule has 3 fully saturated rings. The van der Waals surface area contributed by atoms with E-state index in [4.69, 9.17) is 4.42 Å². The number of aromatic nitrogens is 2. The summed E-state index contributed by atoms with van der Waals surface area (Å²) in [6.07, 6.45) is 2.32. The van der Waals surface area contributed by atoms with E-state index in [1.165, 1.54) is 11.3 Å². The summed E-state index contributed by atoms with van der Waals surface area (Å²) in [5, 5.41) is 5.16. The zero-order valence-electron chi connectivity index (χ0n) is 14.3. The molecule has 142 valence electrons. The van der Waals surface area contributed by atoms with Crippen molar-refractivity contribution < 1.29 is 9.21 Å². The zero-order valence-corrected chi connectivity index (χ0v) is 18.1. The van der Waals surface area contributed by atoms with Crippen LogP contribution in [0.25, 0.3) is 22.7 Å². The van der Waals surface area contributed by atoms with E-state index in [0.717, 1.165) is 25.9 Å². The fraction of sp³-hybridized carbons (Fsp3) is 0.389. The largest absolute Gasteiger partial charge is 0.435 e. The number of nitrogens with one attached hydrogen (secondary N) is 1. The average molecular weight is 517 g/mol. The third-order valence-corrected chi connectivity index (χ3v) is 7.49. The fourth-order valence-corrected chi connectivity index (χ4v) is 5.80. The highest BCUT2D eigenvalue weighted by atomic mass is 127. The van der Waals surface area contributed by atoms with Gasteiger partial charge in [-0.1, -0.05) is 28.7 Å². The number of piperidine rings is 3. The van der Waals surface area contributed by atoms with E-state index in [2.05, 4.69) is 42.8 Å². The van der Waals surface area contributed by atoms with Gasteiger partial charge in [-0.05, 0) is 44.0 Å². The van der Waals surface area contributed by atoms with Gasteiger partial charge in [0, 0.05) is 5.38 Å². The number of hydrogen-bond donors (Lipinski definition) is 1. The van der Waals surface area contributed by atoms with Crippen molar-refractivity contribution in [3.63, 3.8) is 0 Å². The van der Waals surface area contributed by atoms with E-state index in [0.29, 0.717) is 38.2 Å². The number of fused-ring (bicyclic) bond motifs is 4. The third kappa shape index (κ3) is 3.37. The Hall–Kier alpha value is -1.23. The Morgan fingerprint density at radius 3 is 2.85 bits per heavy atom. The van der Waals surface area contributed by atoms with Gasteiger partial charge in [0.05, 0.1) is 21.2 Å². The molecule has 5 heterocycles. The number of thiazole rings is 1. The maximum absolute atomic E-state index is 13.0. The van der Waals surface area contributed by atoms with Crippen molar-refractivity contribution in [3.8, 4) is 11.6 Å². The monoisotopic (exact) mass is 516 g/mol. The maximum atomic E-state index is 13.0. The van der Waals surface area contributed by atoms with E-state index in [9.17, 15) is 4.79 Å². The summed E-state index contributed by atoms with van der Waals surface area (Å²) < 4.78 is 6.16. The van der Waals surface area contributed by atoms with Gasteiger partial charge in [-0.2, -0.15) is 0 Å². The highest BCUT2D eigenvalue weighted by Crippen LogP contribution is 2.35. The van der Waals surface area contributed by atoms with Crippen LogP contribution in [-0.4, -0.2) is 44.0 Å². The summed E-state index contributed by atoms with van der Waals surface area (Å²) in [7, 11) is 0. The molecule has 1 amide bonds. The minimum atomic E-state index is -0.0749. The van der Waals surface area contributed by atoms with Gasteiger partial charge < -0.3 is 9.73 Å². The zero-order chi connectivity index (χ0) is 17.7. The second kappa shape index (κ2) is 7.65. The van der Waals surface area contributed by atoms with Crippen LogP contribution in [0.5, 0.6) is 0 Å². The van der Waals surface area contributed by atoms with Crippen molar-refractivity contribution >= 4 is 63.3 Å². The van der Waals surface area contributed by atoms with Crippen LogP contribution in [0.2, 0.25) is 0 Å². The van der Waals surface area contributed by atoms with E-state index in [-0.39, 0.29) is 24.4 Å². The molecule has 3 aliphatic heterocycles. The number of amides is 1. The van der Waals surface area contributed by atoms with Gasteiger partial charge in [0.1, 0.15) is 11.2 Å². The number of benzene rings is 1. The molecular weight excluding hydrogens is 499 g/mol. The number of nitrogens with zero attached hydrogens (tertiary/aromatic N) is 3. The lowest BCUT2D eigenvalue weighted by atomic mass is 9.84. The predicted octanol–water partition coefficient (Wildman–Crippen LogP) is 3.96. The molecule has 1 N–H and O–H groups in total. The van der Waals surface area contributed by atoms with Gasteiger partial charge in [0.15, 0.2) is 5.58 Å². The number of carbonyl (C=O) groups excluding carboxylic acids is 1. The molecule has 3 saturated heterocycles. The number of para-hydroxylation sites is 1. The number of alkyl halides is 1. The quantitative estimate of drug-likeness (QED) is 0.324. The van der Waals surface area contributed by atoms with Gasteiger partial charge in [0.25, 0.3) is 5.91 Å². The van der Waals surface area contributed by atoms with E-state index < -0.39 is 0 Å². The minimum absolute atomic E-state index is 0. The molecule has 27 heavy (non-hydrogen) atoms. The van der Waals surface area contributed by atoms with Gasteiger partial charge in [-0.25, -0.2) is 9.97 Å². The molecule has 2 aromatic heterocycles. The Labute approximate surface area is 180 Å². The first kappa shape index (κ1) is 19.1. The van der Waals surface area contributed by atoms with Crippen LogP contribution in [0.1, 0.15) is 23.2 Å². The second-order valence-electron chi connectivity index (χ2n) is 6.79. The number of rotatable bonds is 3. The minimum Gasteiger partial charge on any atom is -0.435 e. The van der Waals surface area contributed by atoms with Crippen molar-refractivity contribution in [1.82, 2.24) is 20.2 Å². The predicted molar refractivity (Wildman–Crippen MR) is 116 cm³/mol. The van der Waals surface area contributed by atoms with Crippen LogP contribution < -0.4 is 5.32 Å². The number of oxazole rings is 1. The van der Waals surface area contributed by atoms with Crippen LogP contribution in [0, 0.1) is 5.92 Å². The van der Waals surface area contributed by atoms with Crippen LogP contribution in [-0.2, 0) is 0 Å². The van der Waals surface area contributed by atoms with E-state index >= 15 is 0 Å². The Balaban J connectivity index is 0.00000180. The molecule has 3 aromatic rings. The highest BCUT2D eigenvalue weighted by molar-refractivity contribution is 14.1. The lowest BCUT2D eigenvalue weighted by Crippen LogP contribution is -2.61. The van der Waals surface area contributed by atoms with Gasteiger partial charge >= 0.3 is 0 Å². The Morgan fingerprint density at radius 2 is 2.15 bits per heavy atom. The Kier molecular flexibility index (Phi) is 5.41. The molecule has 0 saturated carbocycles. The molecule has 9 heteroatoms. The average Bonchev–Trinajstić information content (AvgIpc) is 3.33. The molecule has 2 unspecified atom stereocenters. The summed E-state index contributed by atoms with van der Waals surface area (Å²) in [5.41, 5.74) is 4.21. The molecule has 6 nitrogen and oxygen atoms in total. The first-order chi connectivity index (χ1) is 12.7. The molecular formula is C18H18ClIN4O2S. The summed E-state index contributed by atoms with van der Waals surface area (Å²) in [5.74, 6) is 0.943. The summed E-state index contributed by atoms with van der Waals surface area (Å²) in [4.78, 5) is 24.3. The summed E-state index contributed by atoms with van der Waals surface area (Å²) >= 11 is 3.95. The lowest BCUT2D eigenvalue weighted by molar-refractivity contribution is 0.0554. The SMILES string of the molecule is Cl.O=C(NC1C2CCN(CC2)C1I)c1cccc2oc(-c3cscn3)nc12. The van der Waals surface area contributed by atoms with Crippen LogP contribution >= 0.6 is 46.3 Å². The van der Waals surface area contributed by atoms with Gasteiger partial charge in [0.2, 0.25) is 5.89 Å². The standard InChI is InChI=1S/C18H17IN4O2S.ClH/c19-16-14(10-4-6-23(16)7-5-10)21-17(24)11-2-1-3-13-15(11)22-18(25-13)12-8-26-9-20-12;/h1-3,8-10,14,16H,4-7H2,(H,21,24);1H. The van der Waals surface area contributed by atoms with Crippen LogP contribution in [0.4, 0.5) is 0 Å². The van der Waals surface area contributed by atoms with Crippen molar-refractivity contribution in [2.45, 2.75) is 22.9 Å². The highest BCUT2D eigenvalue weighted by Gasteiger charge is 2.41. The third-order valence-electron chi connectivity index (χ3n) is 5.34. The first-order valence-corrected chi connectivity index (χ1v) is 10.9. The number of carbonyl (C=O) groups is 1. The molecule has 0 aliphatic carbocycles. The normalized spacial score (nSPS) is 26.7. The van der Waals surface area contributed by atoms with Crippen molar-refractivity contribution in [3.05, 3.63) is 34.7 Å². The molecule has 0 radical (unpaired) electrons. The maximum Gasteiger partial charge on any atom is 0.253 e. The number of hydrogen-bond acceptors (Lipinski definition) is 6. The van der Waals surface area contributed by atoms with Crippen LogP contribution in [0.15, 0.2) is 33.5 Å². The summed E-state index contributed by atoms with van der Waals surface area (Å²) in [6.45, 7) is 2.28.